The summed E-state index contributed by atoms with van der Waals surface area (Å²) in [6, 6.07) is -0.0999. The van der Waals surface area contributed by atoms with E-state index in [0.717, 1.165) is 24.3 Å². The van der Waals surface area contributed by atoms with Gasteiger partial charge in [-0.3, -0.25) is 9.59 Å². The number of carbonyl (C=O) groups excluding carboxylic acids is 2. The van der Waals surface area contributed by atoms with E-state index in [-0.39, 0.29) is 23.7 Å². The van der Waals surface area contributed by atoms with Crippen LogP contribution in [0.2, 0.25) is 0 Å². The lowest BCUT2D eigenvalue weighted by Crippen LogP contribution is -2.37. The Hall–Kier alpha value is -2.04. The molecule has 10 heteroatoms. The van der Waals surface area contributed by atoms with Crippen LogP contribution in [0.3, 0.4) is 0 Å². The van der Waals surface area contributed by atoms with E-state index >= 15 is 0 Å². The summed E-state index contributed by atoms with van der Waals surface area (Å²) in [4.78, 5) is 23.9. The van der Waals surface area contributed by atoms with Crippen molar-refractivity contribution in [1.82, 2.24) is 20.5 Å². The Kier molecular flexibility index (Phi) is 15.5. The first-order valence-corrected chi connectivity index (χ1v) is 11.8. The number of likely N-dealkylation sites (N-methyl/N-ethyl adjacent to an activating group) is 1. The first kappa shape index (κ1) is 29.0. The van der Waals surface area contributed by atoms with Gasteiger partial charge in [-0.05, 0) is 46.1 Å². The minimum Gasteiger partial charge on any atom is -0.401 e. The van der Waals surface area contributed by atoms with Gasteiger partial charge >= 0.3 is 0 Å². The number of carbonyl (C=O) groups is 2. The van der Waals surface area contributed by atoms with E-state index in [4.69, 9.17) is 11.6 Å². The van der Waals surface area contributed by atoms with Crippen molar-refractivity contribution >= 4 is 28.2 Å². The largest absolute Gasteiger partial charge is 0.401 e. The van der Waals surface area contributed by atoms with Crippen molar-refractivity contribution in [3.8, 4) is 0 Å². The van der Waals surface area contributed by atoms with Crippen LogP contribution in [-0.2, 0) is 9.59 Å². The summed E-state index contributed by atoms with van der Waals surface area (Å²) in [5, 5.41) is 16.4. The van der Waals surface area contributed by atoms with Gasteiger partial charge in [-0.1, -0.05) is 39.0 Å². The van der Waals surface area contributed by atoms with Gasteiger partial charge < -0.3 is 21.4 Å². The van der Waals surface area contributed by atoms with Gasteiger partial charge in [0.25, 0.3) is 0 Å². The molecule has 6 N–H and O–H groups in total. The normalized spacial score (nSPS) is 12.2. The van der Waals surface area contributed by atoms with Gasteiger partial charge in [0, 0.05) is 30.8 Å². The molecule has 0 radical (unpaired) electrons. The zero-order valence-corrected chi connectivity index (χ0v) is 20.7. The van der Waals surface area contributed by atoms with Crippen LogP contribution in [0.5, 0.6) is 0 Å². The number of amides is 1. The Bertz CT molecular complexity index is 676. The number of aromatic nitrogens is 2. The molecule has 0 aliphatic heterocycles. The molecule has 0 aliphatic rings. The Balaban J connectivity index is 0.00000436. The molecule has 0 aromatic carbocycles. The molecule has 0 bridgehead atoms. The zero-order valence-electron chi connectivity index (χ0n) is 19.9. The van der Waals surface area contributed by atoms with Crippen molar-refractivity contribution in [2.75, 3.05) is 18.9 Å². The average Bonchev–Trinajstić information content (AvgIpc) is 3.13. The molecule has 0 saturated carbocycles. The molecule has 1 aromatic heterocycles. The number of allylic oxidation sites excluding steroid dienone is 1. The lowest BCUT2D eigenvalue weighted by atomic mass is 9.97. The smallest absolute Gasteiger partial charge is 0.226 e. The SMILES string of the molecule is CC.CNC(CCCCN(N)/C=C(\N)CCCC(=O)Nc1nnc(C)s1)C(=O)C(C)C. The van der Waals surface area contributed by atoms with Crippen molar-refractivity contribution in [1.29, 1.82) is 0 Å². The van der Waals surface area contributed by atoms with Gasteiger partial charge in [0.05, 0.1) is 6.04 Å². The fourth-order valence-electron chi connectivity index (χ4n) is 2.80. The second-order valence-corrected chi connectivity index (χ2v) is 8.55. The van der Waals surface area contributed by atoms with E-state index in [1.54, 1.807) is 11.2 Å². The number of nitrogens with zero attached hydrogens (tertiary/aromatic N) is 3. The zero-order chi connectivity index (χ0) is 23.8. The highest BCUT2D eigenvalue weighted by Crippen LogP contribution is 2.14. The Labute approximate surface area is 191 Å². The number of hydrogen-bond acceptors (Lipinski definition) is 9. The molecular formula is C21H41N7O2S. The monoisotopic (exact) mass is 455 g/mol. The number of nitrogens with two attached hydrogens (primary N) is 2. The number of anilines is 1. The maximum atomic E-state index is 12.0. The van der Waals surface area contributed by atoms with Crippen molar-refractivity contribution in [2.24, 2.45) is 17.5 Å². The van der Waals surface area contributed by atoms with Crippen molar-refractivity contribution in [3.05, 3.63) is 16.9 Å². The molecule has 1 rings (SSSR count). The minimum absolute atomic E-state index is 0.0330. The van der Waals surface area contributed by atoms with E-state index in [1.165, 1.54) is 11.3 Å². The van der Waals surface area contributed by atoms with Crippen LogP contribution in [0.1, 0.15) is 71.2 Å². The van der Waals surface area contributed by atoms with Crippen LogP contribution in [0.4, 0.5) is 5.13 Å². The van der Waals surface area contributed by atoms with E-state index in [1.807, 2.05) is 41.7 Å². The molecule has 0 aliphatic carbocycles. The highest BCUT2D eigenvalue weighted by atomic mass is 32.1. The predicted octanol–water partition coefficient (Wildman–Crippen LogP) is 2.94. The molecular weight excluding hydrogens is 414 g/mol. The van der Waals surface area contributed by atoms with Crippen LogP contribution in [0, 0.1) is 12.8 Å². The third-order valence-electron chi connectivity index (χ3n) is 4.39. The van der Waals surface area contributed by atoms with Crippen LogP contribution in [0.15, 0.2) is 11.9 Å². The highest BCUT2D eigenvalue weighted by Gasteiger charge is 2.18. The molecule has 1 atom stereocenters. The second-order valence-electron chi connectivity index (χ2n) is 7.36. The Morgan fingerprint density at radius 1 is 1.16 bits per heavy atom. The molecule has 31 heavy (non-hydrogen) atoms. The third kappa shape index (κ3) is 13.1. The van der Waals surface area contributed by atoms with E-state index in [0.29, 0.717) is 36.6 Å². The third-order valence-corrected chi connectivity index (χ3v) is 5.15. The number of rotatable bonds is 14. The van der Waals surface area contributed by atoms with Crippen molar-refractivity contribution in [3.63, 3.8) is 0 Å². The maximum absolute atomic E-state index is 12.0. The van der Waals surface area contributed by atoms with Gasteiger partial charge in [-0.25, -0.2) is 5.84 Å². The minimum atomic E-state index is -0.103. The molecule has 1 amide bonds. The van der Waals surface area contributed by atoms with Gasteiger partial charge in [-0.15, -0.1) is 10.2 Å². The predicted molar refractivity (Wildman–Crippen MR) is 128 cm³/mol. The van der Waals surface area contributed by atoms with Gasteiger partial charge in [0.1, 0.15) is 5.01 Å². The fraction of sp³-hybridized carbons (Fsp3) is 0.714. The number of hydrazine groups is 1. The van der Waals surface area contributed by atoms with Crippen molar-refractivity contribution in [2.45, 2.75) is 79.2 Å². The van der Waals surface area contributed by atoms with E-state index < -0.39 is 0 Å². The standard InChI is InChI=1S/C19H35N7O2S.C2H6/c1-13(2)18(28)16(22-4)9-5-6-11-26(21)12-15(20)8-7-10-17(27)23-19-25-24-14(3)29-19;1-2/h12-13,16,22H,5-11,20-21H2,1-4H3,(H,23,25,27);1-2H3/b15-12-;. The molecule has 0 fully saturated rings. The topological polar surface area (TPSA) is 139 Å². The number of hydrogen-bond donors (Lipinski definition) is 4. The molecule has 1 aromatic rings. The number of aryl methyl sites for hydroxylation is 1. The summed E-state index contributed by atoms with van der Waals surface area (Å²) in [5.74, 6) is 6.14. The first-order chi connectivity index (χ1) is 14.7. The summed E-state index contributed by atoms with van der Waals surface area (Å²) in [5.41, 5.74) is 6.63. The van der Waals surface area contributed by atoms with Crippen LogP contribution >= 0.6 is 11.3 Å². The lowest BCUT2D eigenvalue weighted by molar-refractivity contribution is -0.124. The summed E-state index contributed by atoms with van der Waals surface area (Å²) < 4.78 is 0. The average molecular weight is 456 g/mol. The van der Waals surface area contributed by atoms with Gasteiger partial charge in [0.15, 0.2) is 5.78 Å². The Morgan fingerprint density at radius 2 is 1.84 bits per heavy atom. The van der Waals surface area contributed by atoms with Gasteiger partial charge in [0.2, 0.25) is 11.0 Å². The lowest BCUT2D eigenvalue weighted by Gasteiger charge is -2.18. The van der Waals surface area contributed by atoms with Crippen LogP contribution in [-0.4, -0.2) is 46.5 Å². The first-order valence-electron chi connectivity index (χ1n) is 11.0. The van der Waals surface area contributed by atoms with Crippen molar-refractivity contribution < 1.29 is 9.59 Å². The number of ketones is 1. The fourth-order valence-corrected chi connectivity index (χ4v) is 3.41. The summed E-state index contributed by atoms with van der Waals surface area (Å²) >= 11 is 1.34. The number of nitrogens with one attached hydrogen (secondary N) is 2. The van der Waals surface area contributed by atoms with Crippen LogP contribution < -0.4 is 22.2 Å². The van der Waals surface area contributed by atoms with Crippen LogP contribution in [0.25, 0.3) is 0 Å². The number of Topliss-reactive ketones (excluding diaryl/α,β-unsaturated/α-hetero) is 1. The molecule has 1 unspecified atom stereocenters. The second kappa shape index (κ2) is 16.6. The summed E-state index contributed by atoms with van der Waals surface area (Å²) in [6.45, 7) is 10.3. The Morgan fingerprint density at radius 3 is 2.39 bits per heavy atom. The van der Waals surface area contributed by atoms with E-state index in [9.17, 15) is 9.59 Å². The molecule has 178 valence electrons. The molecule has 1 heterocycles. The molecule has 0 spiro atoms. The van der Waals surface area contributed by atoms with Gasteiger partial charge in [-0.2, -0.15) is 0 Å². The summed E-state index contributed by atoms with van der Waals surface area (Å²) in [7, 11) is 1.82. The summed E-state index contributed by atoms with van der Waals surface area (Å²) in [6.07, 6.45) is 5.84. The molecule has 9 nitrogen and oxygen atoms in total. The number of unbranched alkanes of at least 4 members (excludes halogenated alkanes) is 1. The highest BCUT2D eigenvalue weighted by molar-refractivity contribution is 7.15. The van der Waals surface area contributed by atoms with E-state index in [2.05, 4.69) is 20.8 Å². The quantitative estimate of drug-likeness (QED) is 0.191. The molecule has 0 saturated heterocycles. The maximum Gasteiger partial charge on any atom is 0.226 e.